The fourth-order valence-electron chi connectivity index (χ4n) is 4.14. The van der Waals surface area contributed by atoms with E-state index < -0.39 is 10.0 Å². The number of fused-ring (bicyclic) bond motifs is 1. The smallest absolute Gasteiger partial charge is 0.247 e. The Balaban J connectivity index is 1.36. The Kier molecular flexibility index (Phi) is 6.22. The molecule has 0 radical (unpaired) electrons. The van der Waals surface area contributed by atoms with Gasteiger partial charge in [0.1, 0.15) is 22.7 Å². The summed E-state index contributed by atoms with van der Waals surface area (Å²) in [6, 6.07) is 14.7. The summed E-state index contributed by atoms with van der Waals surface area (Å²) in [5.74, 6) is 1.37. The quantitative estimate of drug-likeness (QED) is 0.378. The molecule has 3 heterocycles. The average molecular weight is 496 g/mol. The molecule has 0 amide bonds. The van der Waals surface area contributed by atoms with Crippen LogP contribution in [-0.2, 0) is 16.6 Å². The average Bonchev–Trinajstić information content (AvgIpc) is 3.31. The molecule has 0 unspecified atom stereocenters. The summed E-state index contributed by atoms with van der Waals surface area (Å²) in [6.07, 6.45) is 1.49. The molecule has 0 bridgehead atoms. The first-order valence-corrected chi connectivity index (χ1v) is 12.5. The standard InChI is InChI=1S/C23H25N7O4S/c1-33-18-8-9-19(34-2)20(14-18)35(31,32)29-12-10-28(11-13-29)22-21-23(25-16-24-22)30(27-26-21)15-17-6-4-3-5-7-17/h3-9,14,16H,10-13,15H2,1-2H3. The zero-order chi connectivity index (χ0) is 24.4. The van der Waals surface area contributed by atoms with Crippen LogP contribution in [0.3, 0.4) is 0 Å². The summed E-state index contributed by atoms with van der Waals surface area (Å²) in [6.45, 7) is 2.01. The summed E-state index contributed by atoms with van der Waals surface area (Å²) in [7, 11) is -0.835. The highest BCUT2D eigenvalue weighted by molar-refractivity contribution is 7.89. The number of hydrogen-bond donors (Lipinski definition) is 0. The SMILES string of the molecule is COc1ccc(OC)c(S(=O)(=O)N2CCN(c3ncnc4c3nnn4Cc3ccccc3)CC2)c1. The number of aromatic nitrogens is 5. The van der Waals surface area contributed by atoms with E-state index in [1.54, 1.807) is 16.8 Å². The molecule has 5 rings (SSSR count). The summed E-state index contributed by atoms with van der Waals surface area (Å²) in [5.41, 5.74) is 2.32. The maximum atomic E-state index is 13.4. The molecular weight excluding hydrogens is 470 g/mol. The second-order valence-electron chi connectivity index (χ2n) is 8.01. The van der Waals surface area contributed by atoms with E-state index in [0.717, 1.165) is 5.56 Å². The molecule has 12 heteroatoms. The van der Waals surface area contributed by atoms with Gasteiger partial charge in [-0.1, -0.05) is 35.5 Å². The molecule has 1 aliphatic rings. The highest BCUT2D eigenvalue weighted by Crippen LogP contribution is 2.31. The van der Waals surface area contributed by atoms with Crippen molar-refractivity contribution in [3.8, 4) is 11.5 Å². The third-order valence-corrected chi connectivity index (χ3v) is 7.90. The monoisotopic (exact) mass is 495 g/mol. The Labute approximate surface area is 203 Å². The van der Waals surface area contributed by atoms with Gasteiger partial charge in [0.25, 0.3) is 0 Å². The van der Waals surface area contributed by atoms with Gasteiger partial charge >= 0.3 is 0 Å². The van der Waals surface area contributed by atoms with Gasteiger partial charge in [-0.3, -0.25) is 0 Å². The molecule has 182 valence electrons. The predicted octanol–water partition coefficient (Wildman–Crippen LogP) is 1.80. The van der Waals surface area contributed by atoms with Crippen LogP contribution in [-0.4, -0.2) is 78.1 Å². The number of sulfonamides is 1. The van der Waals surface area contributed by atoms with E-state index in [2.05, 4.69) is 20.3 Å². The van der Waals surface area contributed by atoms with Crippen molar-refractivity contribution in [1.29, 1.82) is 0 Å². The number of piperazine rings is 1. The number of benzene rings is 2. The van der Waals surface area contributed by atoms with E-state index in [1.165, 1.54) is 30.9 Å². The van der Waals surface area contributed by atoms with Gasteiger partial charge in [0, 0.05) is 32.2 Å². The summed E-state index contributed by atoms with van der Waals surface area (Å²) in [5, 5.41) is 8.61. The largest absolute Gasteiger partial charge is 0.497 e. The predicted molar refractivity (Wildman–Crippen MR) is 129 cm³/mol. The number of nitrogens with zero attached hydrogens (tertiary/aromatic N) is 7. The van der Waals surface area contributed by atoms with Crippen molar-refractivity contribution in [1.82, 2.24) is 29.3 Å². The molecule has 1 aliphatic heterocycles. The van der Waals surface area contributed by atoms with Crippen LogP contribution in [0.25, 0.3) is 11.2 Å². The van der Waals surface area contributed by atoms with Crippen molar-refractivity contribution in [2.75, 3.05) is 45.3 Å². The lowest BCUT2D eigenvalue weighted by Gasteiger charge is -2.34. The topological polar surface area (TPSA) is 116 Å². The number of hydrogen-bond acceptors (Lipinski definition) is 9. The van der Waals surface area contributed by atoms with Crippen molar-refractivity contribution in [3.63, 3.8) is 0 Å². The molecule has 1 fully saturated rings. The van der Waals surface area contributed by atoms with E-state index in [9.17, 15) is 8.42 Å². The van der Waals surface area contributed by atoms with Crippen LogP contribution in [0.1, 0.15) is 5.56 Å². The fourth-order valence-corrected chi connectivity index (χ4v) is 5.73. The lowest BCUT2D eigenvalue weighted by molar-refractivity contribution is 0.370. The van der Waals surface area contributed by atoms with Gasteiger partial charge in [0.2, 0.25) is 10.0 Å². The minimum atomic E-state index is -3.78. The first kappa shape index (κ1) is 23.0. The van der Waals surface area contributed by atoms with E-state index in [-0.39, 0.29) is 23.7 Å². The van der Waals surface area contributed by atoms with E-state index in [0.29, 0.717) is 42.4 Å². The molecule has 0 atom stereocenters. The van der Waals surface area contributed by atoms with Gasteiger partial charge in [0.15, 0.2) is 17.0 Å². The molecule has 0 N–H and O–H groups in total. The zero-order valence-corrected chi connectivity index (χ0v) is 20.2. The van der Waals surface area contributed by atoms with Crippen LogP contribution in [0.2, 0.25) is 0 Å². The molecule has 4 aromatic rings. The molecule has 0 spiro atoms. The minimum Gasteiger partial charge on any atom is -0.497 e. The molecule has 2 aromatic heterocycles. The second-order valence-corrected chi connectivity index (χ2v) is 9.92. The van der Waals surface area contributed by atoms with Crippen molar-refractivity contribution in [3.05, 3.63) is 60.4 Å². The van der Waals surface area contributed by atoms with Gasteiger partial charge in [-0.05, 0) is 17.7 Å². The maximum Gasteiger partial charge on any atom is 0.247 e. The number of ether oxygens (including phenoxy) is 2. The van der Waals surface area contributed by atoms with E-state index in [4.69, 9.17) is 9.47 Å². The van der Waals surface area contributed by atoms with Gasteiger partial charge < -0.3 is 14.4 Å². The van der Waals surface area contributed by atoms with Crippen LogP contribution >= 0.6 is 0 Å². The van der Waals surface area contributed by atoms with Crippen LogP contribution in [0.4, 0.5) is 5.82 Å². The molecule has 11 nitrogen and oxygen atoms in total. The van der Waals surface area contributed by atoms with Gasteiger partial charge in [-0.15, -0.1) is 5.10 Å². The van der Waals surface area contributed by atoms with Gasteiger partial charge in [0.05, 0.1) is 20.8 Å². The first-order valence-electron chi connectivity index (χ1n) is 11.1. The molecule has 0 aliphatic carbocycles. The fraction of sp³-hybridized carbons (Fsp3) is 0.304. The van der Waals surface area contributed by atoms with E-state index >= 15 is 0 Å². The lowest BCUT2D eigenvalue weighted by Crippen LogP contribution is -2.49. The number of rotatable bonds is 7. The maximum absolute atomic E-state index is 13.4. The molecular formula is C23H25N7O4S. The minimum absolute atomic E-state index is 0.0843. The van der Waals surface area contributed by atoms with E-state index in [1.807, 2.05) is 35.2 Å². The normalized spacial score (nSPS) is 14.9. The first-order chi connectivity index (χ1) is 17.0. The van der Waals surface area contributed by atoms with Crippen molar-refractivity contribution < 1.29 is 17.9 Å². The Hall–Kier alpha value is -3.77. The summed E-state index contributed by atoms with van der Waals surface area (Å²) < 4.78 is 40.5. The summed E-state index contributed by atoms with van der Waals surface area (Å²) >= 11 is 0. The van der Waals surface area contributed by atoms with Crippen LogP contribution in [0.5, 0.6) is 11.5 Å². The van der Waals surface area contributed by atoms with Crippen molar-refractivity contribution in [2.45, 2.75) is 11.4 Å². The van der Waals surface area contributed by atoms with Crippen molar-refractivity contribution >= 4 is 27.0 Å². The Morgan fingerprint density at radius 2 is 1.71 bits per heavy atom. The Bertz CT molecular complexity index is 1440. The van der Waals surface area contributed by atoms with Gasteiger partial charge in [-0.2, -0.15) is 4.31 Å². The summed E-state index contributed by atoms with van der Waals surface area (Å²) in [4.78, 5) is 10.9. The number of methoxy groups -OCH3 is 2. The molecule has 1 saturated heterocycles. The Morgan fingerprint density at radius 1 is 0.943 bits per heavy atom. The highest BCUT2D eigenvalue weighted by Gasteiger charge is 2.32. The molecule has 0 saturated carbocycles. The third-order valence-electron chi connectivity index (χ3n) is 5.98. The van der Waals surface area contributed by atoms with Crippen LogP contribution in [0.15, 0.2) is 59.8 Å². The second kappa shape index (κ2) is 9.47. The third kappa shape index (κ3) is 4.37. The lowest BCUT2D eigenvalue weighted by atomic mass is 10.2. The van der Waals surface area contributed by atoms with Gasteiger partial charge in [-0.25, -0.2) is 23.1 Å². The molecule has 2 aromatic carbocycles. The van der Waals surface area contributed by atoms with Crippen LogP contribution < -0.4 is 14.4 Å². The van der Waals surface area contributed by atoms with Crippen LogP contribution in [0, 0.1) is 0 Å². The highest BCUT2D eigenvalue weighted by atomic mass is 32.2. The molecule has 35 heavy (non-hydrogen) atoms. The number of anilines is 1. The van der Waals surface area contributed by atoms with Crippen molar-refractivity contribution in [2.24, 2.45) is 0 Å². The Morgan fingerprint density at radius 3 is 2.43 bits per heavy atom. The zero-order valence-electron chi connectivity index (χ0n) is 19.4.